The highest BCUT2D eigenvalue weighted by atomic mass is 16.5. The van der Waals surface area contributed by atoms with Gasteiger partial charge in [-0.15, -0.1) is 0 Å². The third kappa shape index (κ3) is 2.39. The monoisotopic (exact) mass is 271 g/mol. The van der Waals surface area contributed by atoms with Gasteiger partial charge in [0.05, 0.1) is 12.3 Å². The van der Waals surface area contributed by atoms with Gasteiger partial charge in [0.1, 0.15) is 11.6 Å². The molecule has 0 bridgehead atoms. The van der Waals surface area contributed by atoms with Crippen molar-refractivity contribution in [1.29, 1.82) is 0 Å². The van der Waals surface area contributed by atoms with Gasteiger partial charge in [-0.3, -0.25) is 9.89 Å². The average molecular weight is 271 g/mol. The van der Waals surface area contributed by atoms with E-state index in [1.807, 2.05) is 38.1 Å². The Balaban J connectivity index is 1.88. The van der Waals surface area contributed by atoms with Gasteiger partial charge in [-0.1, -0.05) is 12.1 Å². The maximum Gasteiger partial charge on any atom is 0.226 e. The van der Waals surface area contributed by atoms with Gasteiger partial charge in [-0.2, -0.15) is 5.10 Å². The largest absolute Gasteiger partial charge is 0.491 e. The molecule has 2 aromatic rings. The van der Waals surface area contributed by atoms with Crippen molar-refractivity contribution in [2.24, 2.45) is 0 Å². The number of benzene rings is 1. The van der Waals surface area contributed by atoms with Gasteiger partial charge < -0.3 is 10.1 Å². The van der Waals surface area contributed by atoms with Crippen molar-refractivity contribution in [1.82, 2.24) is 10.2 Å². The van der Waals surface area contributed by atoms with Crippen LogP contribution < -0.4 is 10.1 Å². The number of amides is 1. The molecule has 2 N–H and O–H groups in total. The van der Waals surface area contributed by atoms with Crippen LogP contribution in [0.4, 0.5) is 5.82 Å². The summed E-state index contributed by atoms with van der Waals surface area (Å²) < 4.78 is 5.63. The predicted molar refractivity (Wildman–Crippen MR) is 75.9 cm³/mol. The molecule has 104 valence electrons. The van der Waals surface area contributed by atoms with Crippen LogP contribution in [-0.4, -0.2) is 22.2 Å². The summed E-state index contributed by atoms with van der Waals surface area (Å²) in [5.41, 5.74) is 2.13. The molecule has 0 spiro atoms. The molecule has 1 aliphatic heterocycles. The second kappa shape index (κ2) is 5.00. The Hall–Kier alpha value is -2.30. The van der Waals surface area contributed by atoms with Crippen LogP contribution in [0.1, 0.15) is 37.3 Å². The molecule has 0 aliphatic carbocycles. The molecule has 1 aromatic carbocycles. The number of nitrogens with zero attached hydrogens (tertiary/aromatic N) is 1. The van der Waals surface area contributed by atoms with Crippen LogP contribution in [0, 0.1) is 0 Å². The Kier molecular flexibility index (Phi) is 3.18. The van der Waals surface area contributed by atoms with E-state index >= 15 is 0 Å². The molecule has 1 unspecified atom stereocenters. The van der Waals surface area contributed by atoms with Crippen molar-refractivity contribution < 1.29 is 9.53 Å². The Morgan fingerprint density at radius 1 is 1.30 bits per heavy atom. The molecule has 5 nitrogen and oxygen atoms in total. The van der Waals surface area contributed by atoms with Crippen LogP contribution in [0.5, 0.6) is 5.75 Å². The molecule has 20 heavy (non-hydrogen) atoms. The first-order valence-electron chi connectivity index (χ1n) is 6.73. The van der Waals surface area contributed by atoms with E-state index in [1.165, 1.54) is 0 Å². The second-order valence-electron chi connectivity index (χ2n) is 5.24. The normalized spacial score (nSPS) is 17.8. The van der Waals surface area contributed by atoms with E-state index in [1.54, 1.807) is 6.20 Å². The lowest BCUT2D eigenvalue weighted by Crippen LogP contribution is -2.22. The summed E-state index contributed by atoms with van der Waals surface area (Å²) in [7, 11) is 0. The SMILES string of the molecule is CC(C)Oc1ccc(C2CC(=O)Nc3[nH]ncc32)cc1. The summed E-state index contributed by atoms with van der Waals surface area (Å²) in [5.74, 6) is 1.60. The Morgan fingerprint density at radius 3 is 2.75 bits per heavy atom. The molecule has 1 aliphatic rings. The predicted octanol–water partition coefficient (Wildman–Crippen LogP) is 2.67. The van der Waals surface area contributed by atoms with E-state index in [-0.39, 0.29) is 17.9 Å². The maximum atomic E-state index is 11.7. The molecule has 3 rings (SSSR count). The third-order valence-electron chi connectivity index (χ3n) is 3.35. The molecule has 5 heteroatoms. The number of carbonyl (C=O) groups excluding carboxylic acids is 1. The zero-order valence-corrected chi connectivity index (χ0v) is 11.5. The van der Waals surface area contributed by atoms with E-state index in [0.29, 0.717) is 12.2 Å². The number of H-pyrrole nitrogens is 1. The van der Waals surface area contributed by atoms with Crippen molar-refractivity contribution in [3.05, 3.63) is 41.6 Å². The summed E-state index contributed by atoms with van der Waals surface area (Å²) >= 11 is 0. The fourth-order valence-corrected chi connectivity index (χ4v) is 2.49. The van der Waals surface area contributed by atoms with Crippen molar-refractivity contribution >= 4 is 11.7 Å². The van der Waals surface area contributed by atoms with E-state index in [2.05, 4.69) is 15.5 Å². The topological polar surface area (TPSA) is 67.0 Å². The molecule has 2 heterocycles. The maximum absolute atomic E-state index is 11.7. The molecule has 1 aromatic heterocycles. The Bertz CT molecular complexity index is 616. The molecular formula is C15H17N3O2. The number of rotatable bonds is 3. The zero-order chi connectivity index (χ0) is 14.1. The Morgan fingerprint density at radius 2 is 2.05 bits per heavy atom. The third-order valence-corrected chi connectivity index (χ3v) is 3.35. The lowest BCUT2D eigenvalue weighted by atomic mass is 9.87. The lowest BCUT2D eigenvalue weighted by Gasteiger charge is -2.22. The summed E-state index contributed by atoms with van der Waals surface area (Å²) in [4.78, 5) is 11.7. The van der Waals surface area contributed by atoms with Crippen LogP contribution in [0.3, 0.4) is 0 Å². The van der Waals surface area contributed by atoms with Gasteiger partial charge in [0.25, 0.3) is 0 Å². The zero-order valence-electron chi connectivity index (χ0n) is 11.5. The number of ether oxygens (including phenoxy) is 1. The quantitative estimate of drug-likeness (QED) is 0.902. The van der Waals surface area contributed by atoms with Gasteiger partial charge >= 0.3 is 0 Å². The van der Waals surface area contributed by atoms with E-state index in [4.69, 9.17) is 4.74 Å². The second-order valence-corrected chi connectivity index (χ2v) is 5.24. The first-order chi connectivity index (χ1) is 9.63. The standard InChI is InChI=1S/C15H17N3O2/c1-9(2)20-11-5-3-10(4-6-11)12-7-14(19)17-15-13(12)8-16-18-15/h3-6,8-9,12H,7H2,1-2H3,(H2,16,17,18,19). The minimum absolute atomic E-state index is 0.00857. The van der Waals surface area contributed by atoms with E-state index in [0.717, 1.165) is 16.9 Å². The molecule has 1 amide bonds. The highest BCUT2D eigenvalue weighted by Gasteiger charge is 2.27. The number of aromatic nitrogens is 2. The first-order valence-corrected chi connectivity index (χ1v) is 6.73. The number of hydrogen-bond donors (Lipinski definition) is 2. The number of fused-ring (bicyclic) bond motifs is 1. The number of anilines is 1. The van der Waals surface area contributed by atoms with Crippen LogP contribution in [0.2, 0.25) is 0 Å². The van der Waals surface area contributed by atoms with Gasteiger partial charge in [-0.05, 0) is 31.5 Å². The minimum Gasteiger partial charge on any atom is -0.491 e. The molecule has 0 fully saturated rings. The first kappa shape index (κ1) is 12.7. The van der Waals surface area contributed by atoms with Crippen molar-refractivity contribution in [2.75, 3.05) is 5.32 Å². The fraction of sp³-hybridized carbons (Fsp3) is 0.333. The number of hydrogen-bond acceptors (Lipinski definition) is 3. The van der Waals surface area contributed by atoms with Gasteiger partial charge in [-0.25, -0.2) is 0 Å². The lowest BCUT2D eigenvalue weighted by molar-refractivity contribution is -0.116. The van der Waals surface area contributed by atoms with Crippen LogP contribution in [0.15, 0.2) is 30.5 Å². The highest BCUT2D eigenvalue weighted by molar-refractivity contribution is 5.94. The van der Waals surface area contributed by atoms with Gasteiger partial charge in [0.15, 0.2) is 0 Å². The van der Waals surface area contributed by atoms with Gasteiger partial charge in [0, 0.05) is 17.9 Å². The summed E-state index contributed by atoms with van der Waals surface area (Å²) in [6, 6.07) is 7.92. The number of carbonyl (C=O) groups is 1. The molecule has 0 saturated heterocycles. The van der Waals surface area contributed by atoms with Crippen LogP contribution in [0.25, 0.3) is 0 Å². The van der Waals surface area contributed by atoms with Crippen LogP contribution in [-0.2, 0) is 4.79 Å². The van der Waals surface area contributed by atoms with Gasteiger partial charge in [0.2, 0.25) is 5.91 Å². The van der Waals surface area contributed by atoms with Crippen molar-refractivity contribution in [3.63, 3.8) is 0 Å². The van der Waals surface area contributed by atoms with Crippen molar-refractivity contribution in [2.45, 2.75) is 32.3 Å². The van der Waals surface area contributed by atoms with E-state index in [9.17, 15) is 4.79 Å². The summed E-state index contributed by atoms with van der Waals surface area (Å²) in [6.45, 7) is 3.99. The average Bonchev–Trinajstić information content (AvgIpc) is 2.86. The molecule has 1 atom stereocenters. The summed E-state index contributed by atoms with van der Waals surface area (Å²) in [5, 5.41) is 9.62. The van der Waals surface area contributed by atoms with Crippen molar-refractivity contribution in [3.8, 4) is 5.75 Å². The smallest absolute Gasteiger partial charge is 0.226 e. The number of aromatic amines is 1. The summed E-state index contributed by atoms with van der Waals surface area (Å²) in [6.07, 6.45) is 2.37. The minimum atomic E-state index is 0.00857. The number of nitrogens with one attached hydrogen (secondary N) is 2. The molecule has 0 saturated carbocycles. The van der Waals surface area contributed by atoms with E-state index < -0.39 is 0 Å². The molecular weight excluding hydrogens is 254 g/mol. The highest BCUT2D eigenvalue weighted by Crippen LogP contribution is 2.36. The fourth-order valence-electron chi connectivity index (χ4n) is 2.49. The Labute approximate surface area is 117 Å². The molecule has 0 radical (unpaired) electrons. The van der Waals surface area contributed by atoms with Crippen LogP contribution >= 0.6 is 0 Å².